The fourth-order valence-corrected chi connectivity index (χ4v) is 3.42. The lowest BCUT2D eigenvalue weighted by Gasteiger charge is -2.45. The topological polar surface area (TPSA) is 113 Å². The van der Waals surface area contributed by atoms with Gasteiger partial charge in [-0.15, -0.1) is 0 Å². The van der Waals surface area contributed by atoms with Gasteiger partial charge in [-0.2, -0.15) is 0 Å². The predicted octanol–water partition coefficient (Wildman–Crippen LogP) is -0.618. The van der Waals surface area contributed by atoms with Gasteiger partial charge in [0.15, 0.2) is 0 Å². The van der Waals surface area contributed by atoms with E-state index in [0.717, 1.165) is 5.69 Å². The molecule has 2 fully saturated rings. The van der Waals surface area contributed by atoms with Crippen molar-refractivity contribution in [1.82, 2.24) is 24.7 Å². The van der Waals surface area contributed by atoms with Gasteiger partial charge in [-0.25, -0.2) is 9.97 Å². The van der Waals surface area contributed by atoms with Crippen molar-refractivity contribution in [1.29, 1.82) is 0 Å². The molecule has 2 aliphatic rings. The minimum atomic E-state index is -0.631. The molecule has 3 amide bonds. The Morgan fingerprint density at radius 3 is 2.73 bits per heavy atom. The minimum absolute atomic E-state index is 0.0637. The molecule has 3 heterocycles. The van der Waals surface area contributed by atoms with Gasteiger partial charge in [-0.1, -0.05) is 13.8 Å². The summed E-state index contributed by atoms with van der Waals surface area (Å²) >= 11 is 0. The summed E-state index contributed by atoms with van der Waals surface area (Å²) < 4.78 is 0. The molecule has 1 aromatic heterocycles. The van der Waals surface area contributed by atoms with Crippen LogP contribution in [0.5, 0.6) is 0 Å². The van der Waals surface area contributed by atoms with E-state index in [1.54, 1.807) is 22.9 Å². The maximum absolute atomic E-state index is 12.9. The molecule has 0 saturated carbocycles. The number of anilines is 1. The van der Waals surface area contributed by atoms with Crippen LogP contribution in [0, 0.1) is 5.92 Å². The third kappa shape index (κ3) is 3.47. The van der Waals surface area contributed by atoms with E-state index in [1.807, 2.05) is 0 Å². The summed E-state index contributed by atoms with van der Waals surface area (Å²) in [4.78, 5) is 50.2. The molecule has 0 aromatic carbocycles. The highest BCUT2D eigenvalue weighted by molar-refractivity contribution is 5.97. The zero-order valence-corrected chi connectivity index (χ0v) is 15.3. The van der Waals surface area contributed by atoms with Crippen molar-refractivity contribution in [2.75, 3.05) is 39.0 Å². The average molecular weight is 360 g/mol. The Balaban J connectivity index is 1.80. The number of nitrogen functional groups attached to an aromatic ring is 1. The lowest BCUT2D eigenvalue weighted by atomic mass is 10.1. The number of carbonyl (C=O) groups excluding carboxylic acids is 3. The Bertz CT molecular complexity index is 750. The monoisotopic (exact) mass is 360 g/mol. The van der Waals surface area contributed by atoms with Crippen molar-refractivity contribution in [3.8, 4) is 0 Å². The highest BCUT2D eigenvalue weighted by Crippen LogP contribution is 2.19. The summed E-state index contributed by atoms with van der Waals surface area (Å²) in [5.41, 5.74) is 6.71. The first-order chi connectivity index (χ1) is 12.3. The molecule has 2 N–H and O–H groups in total. The number of nitrogens with two attached hydrogens (primary N) is 1. The van der Waals surface area contributed by atoms with Gasteiger partial charge in [0.2, 0.25) is 17.8 Å². The molecule has 0 radical (unpaired) electrons. The van der Waals surface area contributed by atoms with E-state index in [4.69, 9.17) is 5.73 Å². The quantitative estimate of drug-likeness (QED) is 0.769. The van der Waals surface area contributed by atoms with Crippen LogP contribution in [0.4, 0.5) is 5.95 Å². The molecule has 1 aromatic rings. The van der Waals surface area contributed by atoms with Gasteiger partial charge in [-0.3, -0.25) is 14.4 Å². The van der Waals surface area contributed by atoms with Gasteiger partial charge in [0.1, 0.15) is 11.7 Å². The Hall–Kier alpha value is -2.71. The first kappa shape index (κ1) is 18.1. The fourth-order valence-electron chi connectivity index (χ4n) is 3.42. The number of rotatable bonds is 3. The number of piperazine rings is 2. The van der Waals surface area contributed by atoms with Crippen LogP contribution >= 0.6 is 0 Å². The van der Waals surface area contributed by atoms with Gasteiger partial charge >= 0.3 is 0 Å². The van der Waals surface area contributed by atoms with E-state index in [2.05, 4.69) is 23.8 Å². The van der Waals surface area contributed by atoms with Crippen LogP contribution in [0.3, 0.4) is 0 Å². The van der Waals surface area contributed by atoms with E-state index >= 15 is 0 Å². The second kappa shape index (κ2) is 6.89. The van der Waals surface area contributed by atoms with E-state index in [0.29, 0.717) is 25.4 Å². The van der Waals surface area contributed by atoms with Crippen LogP contribution in [0.1, 0.15) is 30.0 Å². The van der Waals surface area contributed by atoms with Crippen LogP contribution in [-0.4, -0.2) is 81.7 Å². The second-order valence-corrected chi connectivity index (χ2v) is 7.25. The Labute approximate surface area is 152 Å². The van der Waals surface area contributed by atoms with Crippen molar-refractivity contribution in [3.63, 3.8) is 0 Å². The zero-order valence-electron chi connectivity index (χ0n) is 15.3. The molecule has 2 aliphatic heterocycles. The van der Waals surface area contributed by atoms with Crippen molar-refractivity contribution >= 4 is 23.7 Å². The number of amides is 3. The van der Waals surface area contributed by atoms with Crippen LogP contribution in [0.2, 0.25) is 0 Å². The minimum Gasteiger partial charge on any atom is -0.368 e. The normalized spacial score (nSPS) is 20.6. The molecule has 3 rings (SSSR count). The van der Waals surface area contributed by atoms with Crippen LogP contribution < -0.4 is 5.73 Å². The van der Waals surface area contributed by atoms with E-state index < -0.39 is 6.04 Å². The van der Waals surface area contributed by atoms with E-state index in [-0.39, 0.29) is 42.5 Å². The molecule has 2 saturated heterocycles. The van der Waals surface area contributed by atoms with Gasteiger partial charge < -0.3 is 20.4 Å². The van der Waals surface area contributed by atoms with Crippen molar-refractivity contribution in [3.05, 3.63) is 17.5 Å². The fraction of sp³-hybridized carbons (Fsp3) is 0.588. The van der Waals surface area contributed by atoms with Crippen molar-refractivity contribution in [2.45, 2.75) is 26.3 Å². The molecule has 140 valence electrons. The molecule has 1 unspecified atom stereocenters. The molecule has 0 spiro atoms. The average Bonchev–Trinajstić information content (AvgIpc) is 2.57. The predicted molar refractivity (Wildman–Crippen MR) is 94.0 cm³/mol. The third-order valence-electron chi connectivity index (χ3n) is 4.65. The van der Waals surface area contributed by atoms with E-state index in [9.17, 15) is 14.4 Å². The molecular formula is C17H24N6O3. The maximum atomic E-state index is 12.9. The smallest absolute Gasteiger partial charge is 0.272 e. The third-order valence-corrected chi connectivity index (χ3v) is 4.65. The molecule has 9 heteroatoms. The van der Waals surface area contributed by atoms with Gasteiger partial charge in [0.05, 0.1) is 13.1 Å². The summed E-state index contributed by atoms with van der Waals surface area (Å²) in [6.45, 7) is 5.07. The summed E-state index contributed by atoms with van der Waals surface area (Å²) in [7, 11) is 1.60. The van der Waals surface area contributed by atoms with E-state index in [1.165, 1.54) is 4.90 Å². The zero-order chi connectivity index (χ0) is 19.0. The largest absolute Gasteiger partial charge is 0.368 e. The first-order valence-electron chi connectivity index (χ1n) is 8.73. The molecule has 9 nitrogen and oxygen atoms in total. The Kier molecular flexibility index (Phi) is 4.80. The maximum Gasteiger partial charge on any atom is 0.272 e. The molecule has 1 atom stereocenters. The Morgan fingerprint density at radius 1 is 1.31 bits per heavy atom. The summed E-state index contributed by atoms with van der Waals surface area (Å²) in [6, 6.07) is 1.03. The highest BCUT2D eigenvalue weighted by Gasteiger charge is 2.42. The number of hydrogen-bond acceptors (Lipinski definition) is 6. The van der Waals surface area contributed by atoms with Crippen LogP contribution in [0.15, 0.2) is 6.07 Å². The number of aromatic nitrogens is 2. The number of nitrogens with zero attached hydrogens (tertiary/aromatic N) is 5. The second-order valence-electron chi connectivity index (χ2n) is 7.25. The molecule has 0 aliphatic carbocycles. The first-order valence-corrected chi connectivity index (χ1v) is 8.73. The van der Waals surface area contributed by atoms with Gasteiger partial charge in [0, 0.05) is 25.8 Å². The van der Waals surface area contributed by atoms with Crippen LogP contribution in [0.25, 0.3) is 0 Å². The lowest BCUT2D eigenvalue weighted by Crippen LogP contribution is -2.66. The standard InChI is InChI=1S/C17H24N6O3/c1-10(2)6-11-7-12(20-17(18)19-11)15(25)22-4-5-23-13(8-22)16(26)21(3)9-14(23)24/h7,10,13H,4-6,8-9H2,1-3H3,(H2,18,19,20). The number of fused-ring (bicyclic) bond motifs is 1. The molecule has 26 heavy (non-hydrogen) atoms. The molecule has 0 bridgehead atoms. The van der Waals surface area contributed by atoms with Gasteiger partial charge in [0.25, 0.3) is 5.91 Å². The van der Waals surface area contributed by atoms with Crippen LogP contribution in [-0.2, 0) is 16.0 Å². The SMILES string of the molecule is CC(C)Cc1cc(C(=O)N2CCN3C(=O)CN(C)C(=O)C3C2)nc(N)n1. The number of hydrogen-bond donors (Lipinski definition) is 1. The Morgan fingerprint density at radius 2 is 2.04 bits per heavy atom. The number of likely N-dealkylation sites (N-methyl/N-ethyl adjacent to an activating group) is 1. The summed E-state index contributed by atoms with van der Waals surface area (Å²) in [6.07, 6.45) is 0.696. The highest BCUT2D eigenvalue weighted by atomic mass is 16.2. The summed E-state index contributed by atoms with van der Waals surface area (Å²) in [5, 5.41) is 0. The van der Waals surface area contributed by atoms with Crippen molar-refractivity contribution in [2.24, 2.45) is 5.92 Å². The lowest BCUT2D eigenvalue weighted by molar-refractivity contribution is -0.157. The van der Waals surface area contributed by atoms with Gasteiger partial charge in [-0.05, 0) is 18.4 Å². The number of carbonyl (C=O) groups is 3. The summed E-state index contributed by atoms with van der Waals surface area (Å²) in [5.74, 6) is -0.0947. The van der Waals surface area contributed by atoms with Crippen molar-refractivity contribution < 1.29 is 14.4 Å². The molecular weight excluding hydrogens is 336 g/mol.